The molecule has 3 rings (SSSR count). The highest BCUT2D eigenvalue weighted by Crippen LogP contribution is 2.61. The topological polar surface area (TPSA) is 0 Å². The Morgan fingerprint density at radius 3 is 1.92 bits per heavy atom. The van der Waals surface area contributed by atoms with Gasteiger partial charge in [-0.1, -0.05) is 6.42 Å². The molecule has 2 fully saturated rings. The molecule has 0 radical (unpaired) electrons. The van der Waals surface area contributed by atoms with Crippen molar-refractivity contribution in [1.29, 1.82) is 0 Å². The van der Waals surface area contributed by atoms with E-state index in [0.29, 0.717) is 11.8 Å². The molecule has 0 aromatic carbocycles. The van der Waals surface area contributed by atoms with Gasteiger partial charge in [0.15, 0.2) is 0 Å². The third kappa shape index (κ3) is 0.629. The van der Waals surface area contributed by atoms with Crippen molar-refractivity contribution in [1.82, 2.24) is 0 Å². The van der Waals surface area contributed by atoms with Crippen LogP contribution in [0.25, 0.3) is 0 Å². The first-order chi connectivity index (χ1) is 5.79. The second-order valence-electron chi connectivity index (χ2n) is 4.40. The molecule has 2 heteroatoms. The van der Waals surface area contributed by atoms with E-state index in [4.69, 9.17) is 0 Å². The summed E-state index contributed by atoms with van der Waals surface area (Å²) >= 11 is 0. The van der Waals surface area contributed by atoms with Crippen molar-refractivity contribution in [2.75, 3.05) is 0 Å². The zero-order valence-electron chi connectivity index (χ0n) is 6.89. The predicted molar refractivity (Wildman–Crippen MR) is 41.7 cm³/mol. The van der Waals surface area contributed by atoms with Crippen molar-refractivity contribution >= 4 is 0 Å². The van der Waals surface area contributed by atoms with Crippen LogP contribution in [-0.2, 0) is 0 Å². The second kappa shape index (κ2) is 2.09. The first-order valence-electron chi connectivity index (χ1n) is 4.84. The summed E-state index contributed by atoms with van der Waals surface area (Å²) in [5.74, 6) is 0.139. The van der Waals surface area contributed by atoms with Crippen LogP contribution in [0.4, 0.5) is 8.78 Å². The molecule has 4 unspecified atom stereocenters. The summed E-state index contributed by atoms with van der Waals surface area (Å²) in [7, 11) is 0. The molecule has 0 nitrogen and oxygen atoms in total. The molecule has 0 spiro atoms. The minimum absolute atomic E-state index is 0.0255. The molecule has 3 aliphatic rings. The molecule has 0 saturated heterocycles. The summed E-state index contributed by atoms with van der Waals surface area (Å²) in [6.45, 7) is 0. The smallest absolute Gasteiger partial charge is 0.135 e. The minimum atomic E-state index is -0.400. The molecule has 4 atom stereocenters. The minimum Gasteiger partial charge on any atom is -0.209 e. The molecule has 0 aliphatic heterocycles. The Labute approximate surface area is 70.6 Å². The third-order valence-electron chi connectivity index (χ3n) is 4.05. The fraction of sp³-hybridized carbons (Fsp3) is 0.800. The summed E-state index contributed by atoms with van der Waals surface area (Å²) in [4.78, 5) is 0. The van der Waals surface area contributed by atoms with Crippen molar-refractivity contribution < 1.29 is 8.78 Å². The third-order valence-corrected chi connectivity index (χ3v) is 4.05. The summed E-state index contributed by atoms with van der Waals surface area (Å²) in [6, 6.07) is 0. The van der Waals surface area contributed by atoms with Crippen LogP contribution in [-0.4, -0.2) is 0 Å². The molecule has 2 saturated carbocycles. The van der Waals surface area contributed by atoms with Crippen LogP contribution in [0.5, 0.6) is 0 Å². The molecule has 0 aromatic rings. The van der Waals surface area contributed by atoms with Crippen molar-refractivity contribution in [2.24, 2.45) is 23.7 Å². The molecule has 2 bridgehead atoms. The highest BCUT2D eigenvalue weighted by Gasteiger charge is 2.54. The summed E-state index contributed by atoms with van der Waals surface area (Å²) in [6.07, 6.45) is 4.22. The zero-order chi connectivity index (χ0) is 8.29. The lowest BCUT2D eigenvalue weighted by Crippen LogP contribution is -2.17. The molecule has 0 heterocycles. The Balaban J connectivity index is 2.02. The lowest BCUT2D eigenvalue weighted by Gasteiger charge is -2.22. The lowest BCUT2D eigenvalue weighted by molar-refractivity contribution is 0.275. The first-order valence-corrected chi connectivity index (χ1v) is 4.84. The van der Waals surface area contributed by atoms with Gasteiger partial charge in [-0.25, -0.2) is 8.78 Å². The quantitative estimate of drug-likeness (QED) is 0.523. The summed E-state index contributed by atoms with van der Waals surface area (Å²) in [5.41, 5.74) is 0. The predicted octanol–water partition coefficient (Wildman–Crippen LogP) is 3.20. The number of hydrogen-bond acceptors (Lipinski definition) is 0. The van der Waals surface area contributed by atoms with Crippen LogP contribution in [0.2, 0.25) is 0 Å². The second-order valence-corrected chi connectivity index (χ2v) is 4.40. The first kappa shape index (κ1) is 7.05. The van der Waals surface area contributed by atoms with Crippen LogP contribution in [0.3, 0.4) is 0 Å². The maximum Gasteiger partial charge on any atom is 0.135 e. The molecule has 0 aromatic heterocycles. The number of hydrogen-bond donors (Lipinski definition) is 0. The van der Waals surface area contributed by atoms with E-state index < -0.39 is 11.7 Å². The van der Waals surface area contributed by atoms with Crippen molar-refractivity contribution in [3.8, 4) is 0 Å². The Kier molecular flexibility index (Phi) is 1.23. The van der Waals surface area contributed by atoms with Crippen LogP contribution in [0.15, 0.2) is 11.7 Å². The van der Waals surface area contributed by atoms with E-state index in [9.17, 15) is 8.78 Å². The number of allylic oxidation sites excluding steroid dienone is 2. The average Bonchev–Trinajstić information content (AvgIpc) is 2.63. The largest absolute Gasteiger partial charge is 0.209 e. The van der Waals surface area contributed by atoms with E-state index in [1.54, 1.807) is 0 Å². The summed E-state index contributed by atoms with van der Waals surface area (Å²) < 4.78 is 26.3. The fourth-order valence-electron chi connectivity index (χ4n) is 3.58. The van der Waals surface area contributed by atoms with Gasteiger partial charge < -0.3 is 0 Å². The van der Waals surface area contributed by atoms with Crippen molar-refractivity contribution in [2.45, 2.75) is 25.7 Å². The van der Waals surface area contributed by atoms with Gasteiger partial charge in [0.25, 0.3) is 0 Å². The molecule has 12 heavy (non-hydrogen) atoms. The van der Waals surface area contributed by atoms with Gasteiger partial charge in [0.1, 0.15) is 11.7 Å². The molecular formula is C10H12F2. The van der Waals surface area contributed by atoms with E-state index >= 15 is 0 Å². The van der Waals surface area contributed by atoms with Crippen molar-refractivity contribution in [3.05, 3.63) is 11.7 Å². The molecule has 0 N–H and O–H groups in total. The van der Waals surface area contributed by atoms with Gasteiger partial charge in [-0.05, 0) is 31.1 Å². The highest BCUT2D eigenvalue weighted by molar-refractivity contribution is 5.24. The number of fused-ring (bicyclic) bond motifs is 5. The van der Waals surface area contributed by atoms with Gasteiger partial charge >= 0.3 is 0 Å². The van der Waals surface area contributed by atoms with Crippen LogP contribution in [0, 0.1) is 23.7 Å². The van der Waals surface area contributed by atoms with Gasteiger partial charge in [0, 0.05) is 11.8 Å². The standard InChI is InChI=1S/C10H12F2/c11-9-7-4-8(10(9)12)6-3-1-2-5(6)7/h5-8H,1-4H2. The molecule has 3 aliphatic carbocycles. The fourth-order valence-corrected chi connectivity index (χ4v) is 3.58. The normalized spacial score (nSPS) is 50.5. The monoisotopic (exact) mass is 170 g/mol. The zero-order valence-corrected chi connectivity index (χ0v) is 6.89. The SMILES string of the molecule is FC1=C(F)C2CC1C1CCCC21. The van der Waals surface area contributed by atoms with Gasteiger partial charge in [-0.3, -0.25) is 0 Å². The van der Waals surface area contributed by atoms with Gasteiger partial charge in [0.05, 0.1) is 0 Å². The average molecular weight is 170 g/mol. The highest BCUT2D eigenvalue weighted by atomic mass is 19.2. The Morgan fingerprint density at radius 1 is 0.917 bits per heavy atom. The van der Waals surface area contributed by atoms with Crippen LogP contribution in [0.1, 0.15) is 25.7 Å². The molecular weight excluding hydrogens is 158 g/mol. The molecule has 66 valence electrons. The molecule has 0 amide bonds. The van der Waals surface area contributed by atoms with Gasteiger partial charge in [-0.2, -0.15) is 0 Å². The van der Waals surface area contributed by atoms with E-state index in [0.717, 1.165) is 19.3 Å². The Morgan fingerprint density at radius 2 is 1.42 bits per heavy atom. The maximum atomic E-state index is 13.2. The van der Waals surface area contributed by atoms with E-state index in [1.165, 1.54) is 6.42 Å². The van der Waals surface area contributed by atoms with Crippen molar-refractivity contribution in [3.63, 3.8) is 0 Å². The van der Waals surface area contributed by atoms with Gasteiger partial charge in [0.2, 0.25) is 0 Å². The number of halogens is 2. The lowest BCUT2D eigenvalue weighted by atomic mass is 9.85. The van der Waals surface area contributed by atoms with Crippen LogP contribution < -0.4 is 0 Å². The van der Waals surface area contributed by atoms with Gasteiger partial charge in [-0.15, -0.1) is 0 Å². The summed E-state index contributed by atoms with van der Waals surface area (Å²) in [5, 5.41) is 0. The maximum absolute atomic E-state index is 13.2. The number of rotatable bonds is 0. The van der Waals surface area contributed by atoms with Crippen LogP contribution >= 0.6 is 0 Å². The van der Waals surface area contributed by atoms with E-state index in [2.05, 4.69) is 0 Å². The Hall–Kier alpha value is -0.400. The van der Waals surface area contributed by atoms with E-state index in [-0.39, 0.29) is 11.8 Å². The van der Waals surface area contributed by atoms with E-state index in [1.807, 2.05) is 0 Å². The Bertz CT molecular complexity index is 233.